The molecule has 170 valence electrons. The van der Waals surface area contributed by atoms with Gasteiger partial charge in [0.2, 0.25) is 5.91 Å². The molecule has 0 saturated heterocycles. The van der Waals surface area contributed by atoms with Crippen molar-refractivity contribution < 1.29 is 37.0 Å². The summed E-state index contributed by atoms with van der Waals surface area (Å²) in [7, 11) is 2.79. The van der Waals surface area contributed by atoms with E-state index in [0.29, 0.717) is 17.5 Å². The maximum atomic E-state index is 13.7. The summed E-state index contributed by atoms with van der Waals surface area (Å²) >= 11 is 0.587. The van der Waals surface area contributed by atoms with Crippen molar-refractivity contribution in [2.24, 2.45) is 0 Å². The number of alkyl carbamates (subject to hydrolysis) is 1. The molecule has 12 heteroatoms. The average molecular weight is 469 g/mol. The number of ether oxygens (including phenoxy) is 3. The summed E-state index contributed by atoms with van der Waals surface area (Å²) in [6.45, 7) is 1.58. The Morgan fingerprint density at radius 1 is 1.19 bits per heavy atom. The number of amides is 2. The molecule has 1 heterocycles. The molecule has 1 aromatic carbocycles. The number of nitrogens with zero attached hydrogens (tertiary/aromatic N) is 2. The van der Waals surface area contributed by atoms with Gasteiger partial charge in [0, 0.05) is 5.56 Å². The molecule has 0 bridgehead atoms. The first-order valence-electron chi connectivity index (χ1n) is 8.98. The van der Waals surface area contributed by atoms with Gasteiger partial charge in [-0.1, -0.05) is 11.8 Å². The van der Waals surface area contributed by atoms with Crippen molar-refractivity contribution in [3.8, 4) is 28.8 Å². The zero-order chi connectivity index (χ0) is 23.9. The quantitative estimate of drug-likeness (QED) is 0.606. The molecule has 1 N–H and O–H groups in total. The first kappa shape index (κ1) is 24.8. The van der Waals surface area contributed by atoms with Crippen LogP contribution in [0.25, 0.3) is 11.3 Å². The molecule has 0 aliphatic carbocycles. The second-order valence-electron chi connectivity index (χ2n) is 5.97. The van der Waals surface area contributed by atoms with Gasteiger partial charge in [-0.3, -0.25) is 10.1 Å². The molecule has 0 aliphatic heterocycles. The van der Waals surface area contributed by atoms with E-state index in [1.165, 1.54) is 38.5 Å². The van der Waals surface area contributed by atoms with Gasteiger partial charge in [0.1, 0.15) is 11.1 Å². The third-order valence-electron chi connectivity index (χ3n) is 3.94. The first-order chi connectivity index (χ1) is 15.1. The molecule has 0 saturated carbocycles. The van der Waals surface area contributed by atoms with E-state index >= 15 is 0 Å². The van der Waals surface area contributed by atoms with E-state index in [1.54, 1.807) is 6.92 Å². The Morgan fingerprint density at radius 2 is 1.88 bits per heavy atom. The number of rotatable bonds is 7. The summed E-state index contributed by atoms with van der Waals surface area (Å²) in [6, 6.07) is 6.68. The van der Waals surface area contributed by atoms with Gasteiger partial charge in [0.25, 0.3) is 0 Å². The minimum Gasteiger partial charge on any atom is -0.493 e. The molecule has 0 unspecified atom stereocenters. The van der Waals surface area contributed by atoms with E-state index in [9.17, 15) is 28.0 Å². The zero-order valence-electron chi connectivity index (χ0n) is 17.2. The second-order valence-corrected chi connectivity index (χ2v) is 6.94. The minimum absolute atomic E-state index is 0.0364. The number of hydrogen-bond acceptors (Lipinski definition) is 8. The number of aromatic nitrogens is 1. The van der Waals surface area contributed by atoms with E-state index < -0.39 is 35.1 Å². The van der Waals surface area contributed by atoms with Crippen LogP contribution in [0.3, 0.4) is 0 Å². The van der Waals surface area contributed by atoms with Crippen LogP contribution in [0.1, 0.15) is 18.1 Å². The maximum Gasteiger partial charge on any atom is 0.417 e. The third kappa shape index (κ3) is 6.04. The third-order valence-corrected chi connectivity index (χ3v) is 4.92. The van der Waals surface area contributed by atoms with Crippen LogP contribution in [0.2, 0.25) is 0 Å². The lowest BCUT2D eigenvalue weighted by Gasteiger charge is -2.15. The van der Waals surface area contributed by atoms with Crippen LogP contribution in [0.15, 0.2) is 29.3 Å². The Balaban J connectivity index is 2.48. The fourth-order valence-electron chi connectivity index (χ4n) is 2.55. The normalized spacial score (nSPS) is 10.8. The molecule has 0 aliphatic rings. The Hall–Kier alpha value is -3.46. The number of pyridine rings is 1. The van der Waals surface area contributed by atoms with Crippen LogP contribution in [0.5, 0.6) is 11.5 Å². The van der Waals surface area contributed by atoms with Crippen molar-refractivity contribution in [1.29, 1.82) is 5.26 Å². The van der Waals surface area contributed by atoms with Crippen molar-refractivity contribution in [3.63, 3.8) is 0 Å². The topological polar surface area (TPSA) is 111 Å². The van der Waals surface area contributed by atoms with E-state index in [1.807, 2.05) is 5.32 Å². The fourth-order valence-corrected chi connectivity index (χ4v) is 3.35. The van der Waals surface area contributed by atoms with Crippen molar-refractivity contribution >= 4 is 23.8 Å². The molecule has 2 amide bonds. The van der Waals surface area contributed by atoms with Gasteiger partial charge in [-0.15, -0.1) is 0 Å². The van der Waals surface area contributed by atoms with Crippen molar-refractivity contribution in [2.45, 2.75) is 18.1 Å². The van der Waals surface area contributed by atoms with Gasteiger partial charge in [0.15, 0.2) is 11.5 Å². The molecule has 0 fully saturated rings. The number of hydrogen-bond donors (Lipinski definition) is 1. The summed E-state index contributed by atoms with van der Waals surface area (Å²) in [5, 5.41) is 11.0. The van der Waals surface area contributed by atoms with E-state index in [0.717, 1.165) is 6.07 Å². The molecular weight excluding hydrogens is 451 g/mol. The number of thioether (sulfide) groups is 1. The summed E-state index contributed by atoms with van der Waals surface area (Å²) in [6.07, 6.45) is -5.83. The Kier molecular flexibility index (Phi) is 8.31. The van der Waals surface area contributed by atoms with Gasteiger partial charge in [-0.25, -0.2) is 9.78 Å². The second kappa shape index (κ2) is 10.7. The highest BCUT2D eigenvalue weighted by molar-refractivity contribution is 8.00. The summed E-state index contributed by atoms with van der Waals surface area (Å²) in [5.41, 5.74) is -1.75. The molecular formula is C20H18F3N3O5S. The van der Waals surface area contributed by atoms with Crippen LogP contribution in [-0.2, 0) is 15.7 Å². The number of halogens is 3. The van der Waals surface area contributed by atoms with Crippen molar-refractivity contribution in [3.05, 3.63) is 35.4 Å². The largest absolute Gasteiger partial charge is 0.493 e. The number of imide groups is 1. The minimum atomic E-state index is -4.85. The van der Waals surface area contributed by atoms with E-state index in [2.05, 4.69) is 9.72 Å². The maximum absolute atomic E-state index is 13.7. The molecule has 2 rings (SSSR count). The summed E-state index contributed by atoms with van der Waals surface area (Å²) in [4.78, 5) is 27.4. The molecule has 1 aromatic heterocycles. The van der Waals surface area contributed by atoms with Gasteiger partial charge < -0.3 is 14.2 Å². The highest BCUT2D eigenvalue weighted by Crippen LogP contribution is 2.39. The van der Waals surface area contributed by atoms with Gasteiger partial charge in [-0.05, 0) is 31.2 Å². The zero-order valence-corrected chi connectivity index (χ0v) is 18.0. The molecule has 0 spiro atoms. The van der Waals surface area contributed by atoms with Gasteiger partial charge in [0.05, 0.1) is 43.4 Å². The van der Waals surface area contributed by atoms with Crippen molar-refractivity contribution in [2.75, 3.05) is 26.6 Å². The standard InChI is InChI=1S/C20H18F3N3O5S/c1-4-31-19(28)26-17(27)10-32-18-12(9-24)13(20(21,22)23)8-14(25-18)11-5-6-15(29-2)16(7-11)30-3/h5-8H,4,10H2,1-3H3,(H,26,27,28). The molecule has 32 heavy (non-hydrogen) atoms. The molecule has 0 radical (unpaired) electrons. The lowest BCUT2D eigenvalue weighted by molar-refractivity contribution is -0.138. The number of nitrogens with one attached hydrogen (secondary N) is 1. The van der Waals surface area contributed by atoms with E-state index in [4.69, 9.17) is 9.47 Å². The van der Waals surface area contributed by atoms with Gasteiger partial charge in [-0.2, -0.15) is 18.4 Å². The predicted octanol–water partition coefficient (Wildman–Crippen LogP) is 4.02. The van der Waals surface area contributed by atoms with Crippen LogP contribution < -0.4 is 14.8 Å². The van der Waals surface area contributed by atoms with Crippen LogP contribution in [0, 0.1) is 11.3 Å². The fraction of sp³-hybridized carbons (Fsp3) is 0.300. The highest BCUT2D eigenvalue weighted by Gasteiger charge is 2.36. The van der Waals surface area contributed by atoms with Gasteiger partial charge >= 0.3 is 12.3 Å². The molecule has 8 nitrogen and oxygen atoms in total. The van der Waals surface area contributed by atoms with Crippen molar-refractivity contribution in [1.82, 2.24) is 10.3 Å². The summed E-state index contributed by atoms with van der Waals surface area (Å²) < 4.78 is 55.8. The molecule has 2 aromatic rings. The Bertz CT molecular complexity index is 1050. The monoisotopic (exact) mass is 469 g/mol. The number of methoxy groups -OCH3 is 2. The van der Waals surface area contributed by atoms with Crippen LogP contribution in [0.4, 0.5) is 18.0 Å². The number of nitriles is 1. The number of carbonyl (C=O) groups excluding carboxylic acids is 2. The Labute approximate surface area is 185 Å². The predicted molar refractivity (Wildman–Crippen MR) is 108 cm³/mol. The lowest BCUT2D eigenvalue weighted by Crippen LogP contribution is -2.32. The number of alkyl halides is 3. The number of carbonyl (C=O) groups is 2. The highest BCUT2D eigenvalue weighted by atomic mass is 32.2. The summed E-state index contributed by atoms with van der Waals surface area (Å²) in [5.74, 6) is -0.643. The van der Waals surface area contributed by atoms with Crippen LogP contribution in [-0.4, -0.2) is 43.6 Å². The Morgan fingerprint density at radius 3 is 2.44 bits per heavy atom. The van der Waals surface area contributed by atoms with E-state index in [-0.39, 0.29) is 28.6 Å². The SMILES string of the molecule is CCOC(=O)NC(=O)CSc1nc(-c2ccc(OC)c(OC)c2)cc(C(F)(F)F)c1C#N. The lowest BCUT2D eigenvalue weighted by atomic mass is 10.0. The first-order valence-corrected chi connectivity index (χ1v) is 9.97. The smallest absolute Gasteiger partial charge is 0.417 e. The average Bonchev–Trinajstić information content (AvgIpc) is 2.75. The van der Waals surface area contributed by atoms with Crippen LogP contribution >= 0.6 is 11.8 Å². The number of benzene rings is 1. The molecule has 0 atom stereocenters.